The lowest BCUT2D eigenvalue weighted by Gasteiger charge is -2.20. The van der Waals surface area contributed by atoms with Crippen molar-refractivity contribution in [1.29, 1.82) is 0 Å². The molecule has 194 valence electrons. The lowest BCUT2D eigenvalue weighted by atomic mass is 10.0. The molecule has 0 aliphatic rings. The van der Waals surface area contributed by atoms with Crippen LogP contribution in [0.15, 0.2) is 109 Å². The summed E-state index contributed by atoms with van der Waals surface area (Å²) >= 11 is 0. The second kappa shape index (κ2) is 13.2. The van der Waals surface area contributed by atoms with Gasteiger partial charge < -0.3 is 25.0 Å². The molecule has 0 heterocycles. The van der Waals surface area contributed by atoms with E-state index in [0.717, 1.165) is 11.1 Å². The number of ether oxygens (including phenoxy) is 2. The zero-order valence-electron chi connectivity index (χ0n) is 20.7. The van der Waals surface area contributed by atoms with Crippen molar-refractivity contribution in [2.75, 3.05) is 6.61 Å². The van der Waals surface area contributed by atoms with Gasteiger partial charge in [0.2, 0.25) is 0 Å². The summed E-state index contributed by atoms with van der Waals surface area (Å²) < 4.78 is 11.6. The van der Waals surface area contributed by atoms with Crippen molar-refractivity contribution in [3.05, 3.63) is 126 Å². The first-order valence-corrected chi connectivity index (χ1v) is 12.2. The van der Waals surface area contributed by atoms with Gasteiger partial charge in [0.25, 0.3) is 5.91 Å². The summed E-state index contributed by atoms with van der Waals surface area (Å²) in [6.45, 7) is 0.197. The number of benzene rings is 4. The first kappa shape index (κ1) is 26.6. The molecule has 0 aromatic heterocycles. The summed E-state index contributed by atoms with van der Waals surface area (Å²) in [4.78, 5) is 26.0. The normalized spacial score (nSPS) is 12.3. The molecule has 0 saturated heterocycles. The van der Waals surface area contributed by atoms with Crippen LogP contribution < -0.4 is 10.1 Å². The molecule has 38 heavy (non-hydrogen) atoms. The number of Topliss-reactive ketones (excluding diaryl/α,β-unsaturated/α-hetero) is 1. The summed E-state index contributed by atoms with van der Waals surface area (Å²) in [5.74, 6) is 0.237. The second-order valence-corrected chi connectivity index (χ2v) is 8.76. The van der Waals surface area contributed by atoms with Crippen LogP contribution in [0.5, 0.6) is 17.2 Å². The molecule has 4 aromatic rings. The second-order valence-electron chi connectivity index (χ2n) is 8.76. The molecule has 7 nitrogen and oxygen atoms in total. The van der Waals surface area contributed by atoms with Gasteiger partial charge >= 0.3 is 0 Å². The minimum absolute atomic E-state index is 0.0491. The average molecular weight is 512 g/mol. The smallest absolute Gasteiger partial charge is 0.254 e. The van der Waals surface area contributed by atoms with Crippen molar-refractivity contribution in [3.63, 3.8) is 0 Å². The van der Waals surface area contributed by atoms with Crippen molar-refractivity contribution in [3.8, 4) is 17.2 Å². The van der Waals surface area contributed by atoms with Crippen LogP contribution in [0, 0.1) is 0 Å². The Morgan fingerprint density at radius 2 is 1.42 bits per heavy atom. The Labute approximate surface area is 221 Å². The molecule has 0 spiro atoms. The highest BCUT2D eigenvalue weighted by Gasteiger charge is 2.26. The van der Waals surface area contributed by atoms with E-state index < -0.39 is 18.1 Å². The zero-order chi connectivity index (χ0) is 26.7. The maximum Gasteiger partial charge on any atom is 0.254 e. The molecule has 0 bridgehead atoms. The minimum Gasteiger partial charge on any atom is -0.508 e. The fourth-order valence-corrected chi connectivity index (χ4v) is 3.81. The highest BCUT2D eigenvalue weighted by Crippen LogP contribution is 2.22. The van der Waals surface area contributed by atoms with E-state index in [9.17, 15) is 19.8 Å². The van der Waals surface area contributed by atoms with Gasteiger partial charge in [-0.05, 0) is 53.1 Å². The Morgan fingerprint density at radius 1 is 0.763 bits per heavy atom. The molecule has 7 heteroatoms. The number of ketones is 1. The highest BCUT2D eigenvalue weighted by atomic mass is 16.5. The number of carbonyl (C=O) groups excluding carboxylic acids is 2. The minimum atomic E-state index is -1.55. The topological polar surface area (TPSA) is 105 Å². The van der Waals surface area contributed by atoms with E-state index in [1.54, 1.807) is 24.3 Å². The van der Waals surface area contributed by atoms with E-state index in [4.69, 9.17) is 9.47 Å². The van der Waals surface area contributed by atoms with E-state index >= 15 is 0 Å². The van der Waals surface area contributed by atoms with Gasteiger partial charge in [-0.1, -0.05) is 72.8 Å². The SMILES string of the molecule is O=C(Cc1ccc(Oc2ccccc2)cc1)C(COCc1ccccc1)NC(=O)C(O)c1cccc(O)c1. The molecule has 0 aliphatic carbocycles. The van der Waals surface area contributed by atoms with Gasteiger partial charge in [0.15, 0.2) is 11.9 Å². The summed E-state index contributed by atoms with van der Waals surface area (Å²) in [5, 5.41) is 22.8. The van der Waals surface area contributed by atoms with Crippen LogP contribution >= 0.6 is 0 Å². The van der Waals surface area contributed by atoms with E-state index in [1.807, 2.05) is 60.7 Å². The lowest BCUT2D eigenvalue weighted by Crippen LogP contribution is -2.46. The number of nitrogens with one attached hydrogen (secondary N) is 1. The van der Waals surface area contributed by atoms with Crippen LogP contribution in [0.4, 0.5) is 0 Å². The molecule has 0 radical (unpaired) electrons. The number of phenols is 1. The van der Waals surface area contributed by atoms with Gasteiger partial charge in [-0.2, -0.15) is 0 Å². The van der Waals surface area contributed by atoms with E-state index in [2.05, 4.69) is 5.32 Å². The number of carbonyl (C=O) groups is 2. The quantitative estimate of drug-likeness (QED) is 0.254. The maximum atomic E-state index is 13.2. The van der Waals surface area contributed by atoms with Crippen molar-refractivity contribution >= 4 is 11.7 Å². The van der Waals surface area contributed by atoms with Gasteiger partial charge in [-0.25, -0.2) is 0 Å². The number of hydrogen-bond donors (Lipinski definition) is 3. The number of amides is 1. The van der Waals surface area contributed by atoms with Gasteiger partial charge in [-0.3, -0.25) is 9.59 Å². The summed E-state index contributed by atoms with van der Waals surface area (Å²) in [6.07, 6.45) is -1.51. The molecule has 2 atom stereocenters. The molecule has 4 rings (SSSR count). The summed E-state index contributed by atoms with van der Waals surface area (Å²) in [5.41, 5.74) is 1.89. The van der Waals surface area contributed by atoms with Crippen LogP contribution in [-0.2, 0) is 27.4 Å². The maximum absolute atomic E-state index is 13.2. The molecule has 3 N–H and O–H groups in total. The first-order chi connectivity index (χ1) is 18.5. The van der Waals surface area contributed by atoms with Crippen molar-refractivity contribution in [2.24, 2.45) is 0 Å². The Morgan fingerprint density at radius 3 is 2.11 bits per heavy atom. The molecule has 1 amide bonds. The molecule has 0 fully saturated rings. The zero-order valence-corrected chi connectivity index (χ0v) is 20.7. The Hall–Kier alpha value is -4.46. The molecular weight excluding hydrogens is 482 g/mol. The van der Waals surface area contributed by atoms with Crippen LogP contribution in [0.3, 0.4) is 0 Å². The predicted molar refractivity (Wildman–Crippen MR) is 143 cm³/mol. The number of para-hydroxylation sites is 1. The number of rotatable bonds is 12. The largest absolute Gasteiger partial charge is 0.508 e. The van der Waals surface area contributed by atoms with Gasteiger partial charge in [0, 0.05) is 6.42 Å². The van der Waals surface area contributed by atoms with Crippen molar-refractivity contribution < 1.29 is 29.3 Å². The van der Waals surface area contributed by atoms with E-state index in [0.29, 0.717) is 11.5 Å². The highest BCUT2D eigenvalue weighted by molar-refractivity contribution is 5.92. The third-order valence-electron chi connectivity index (χ3n) is 5.82. The number of aliphatic hydroxyl groups excluding tert-OH is 1. The van der Waals surface area contributed by atoms with Crippen LogP contribution in [-0.4, -0.2) is 34.6 Å². The molecular formula is C31H29NO6. The van der Waals surface area contributed by atoms with Crippen LogP contribution in [0.1, 0.15) is 22.8 Å². The Kier molecular flexibility index (Phi) is 9.23. The third-order valence-corrected chi connectivity index (χ3v) is 5.82. The summed E-state index contributed by atoms with van der Waals surface area (Å²) in [6, 6.07) is 30.8. The van der Waals surface area contributed by atoms with Gasteiger partial charge in [0.1, 0.15) is 23.3 Å². The van der Waals surface area contributed by atoms with Crippen molar-refractivity contribution in [2.45, 2.75) is 25.2 Å². The number of aromatic hydroxyl groups is 1. The van der Waals surface area contributed by atoms with E-state index in [-0.39, 0.29) is 36.7 Å². The summed E-state index contributed by atoms with van der Waals surface area (Å²) in [7, 11) is 0. The molecule has 0 saturated carbocycles. The number of phenolic OH excluding ortho intramolecular Hbond substituents is 1. The Balaban J connectivity index is 1.41. The molecule has 0 aliphatic heterocycles. The first-order valence-electron chi connectivity index (χ1n) is 12.2. The fourth-order valence-electron chi connectivity index (χ4n) is 3.81. The van der Waals surface area contributed by atoms with Gasteiger partial charge in [-0.15, -0.1) is 0 Å². The third kappa shape index (κ3) is 7.77. The van der Waals surface area contributed by atoms with E-state index in [1.165, 1.54) is 24.3 Å². The van der Waals surface area contributed by atoms with Crippen LogP contribution in [0.25, 0.3) is 0 Å². The lowest BCUT2D eigenvalue weighted by molar-refractivity contribution is -0.134. The predicted octanol–water partition coefficient (Wildman–Crippen LogP) is 4.73. The van der Waals surface area contributed by atoms with Gasteiger partial charge in [0.05, 0.1) is 13.2 Å². The van der Waals surface area contributed by atoms with Crippen molar-refractivity contribution in [1.82, 2.24) is 5.32 Å². The number of aliphatic hydroxyl groups is 1. The molecule has 4 aromatic carbocycles. The monoisotopic (exact) mass is 511 g/mol. The Bertz CT molecular complexity index is 1330. The standard InChI is InChI=1S/C31H29NO6/c33-25-11-7-10-24(19-25)30(35)31(36)32-28(21-37-20-23-8-3-1-4-9-23)29(34)18-22-14-16-27(17-15-22)38-26-12-5-2-6-13-26/h1-17,19,28,30,33,35H,18,20-21H2,(H,32,36). The van der Waals surface area contributed by atoms with Crippen LogP contribution in [0.2, 0.25) is 0 Å². The average Bonchev–Trinajstić information content (AvgIpc) is 2.94. The number of hydrogen-bond acceptors (Lipinski definition) is 6. The fraction of sp³-hybridized carbons (Fsp3) is 0.161. The molecule has 2 unspecified atom stereocenters.